The minimum absolute atomic E-state index is 0.0192. The van der Waals surface area contributed by atoms with Gasteiger partial charge >= 0.3 is 11.9 Å². The number of nitrogens with zero attached hydrogens (tertiary/aromatic N) is 1. The molecule has 0 saturated heterocycles. The number of nitrogens with one attached hydrogen (secondary N) is 2. The molecule has 2 fully saturated rings. The van der Waals surface area contributed by atoms with Crippen molar-refractivity contribution < 1.29 is 19.2 Å². The molecule has 7 heteroatoms. The van der Waals surface area contributed by atoms with E-state index in [9.17, 15) is 9.59 Å². The molecule has 7 nitrogen and oxygen atoms in total. The summed E-state index contributed by atoms with van der Waals surface area (Å²) in [6.07, 6.45) is 16.9. The van der Waals surface area contributed by atoms with Crippen molar-refractivity contribution in [1.82, 2.24) is 15.8 Å². The quantitative estimate of drug-likeness (QED) is 0.205. The van der Waals surface area contributed by atoms with Crippen LogP contribution in [0.25, 0.3) is 5.57 Å². The van der Waals surface area contributed by atoms with Gasteiger partial charge in [-0.1, -0.05) is 37.6 Å². The number of hydrogen-bond donors (Lipinski definition) is 2. The van der Waals surface area contributed by atoms with E-state index < -0.39 is 5.97 Å². The van der Waals surface area contributed by atoms with Gasteiger partial charge in [0.2, 0.25) is 0 Å². The summed E-state index contributed by atoms with van der Waals surface area (Å²) in [7, 11) is 1.79. The molecular formula is C31H43N3O4. The SMILES string of the molecule is CNCCOC(=O)CCC(=O)ONC1C=C2CCC3C(CCC4(C)C(c5cccnc5)=CCC34)C2(C)CC1. The van der Waals surface area contributed by atoms with E-state index in [0.29, 0.717) is 25.0 Å². The summed E-state index contributed by atoms with van der Waals surface area (Å²) in [5.41, 5.74) is 7.80. The molecule has 2 saturated carbocycles. The zero-order chi connectivity index (χ0) is 26.8. The van der Waals surface area contributed by atoms with Gasteiger partial charge < -0.3 is 14.9 Å². The molecule has 1 aromatic heterocycles. The van der Waals surface area contributed by atoms with Gasteiger partial charge in [0.05, 0.1) is 18.9 Å². The molecule has 38 heavy (non-hydrogen) atoms. The molecule has 6 atom stereocenters. The Morgan fingerprint density at radius 1 is 1.08 bits per heavy atom. The highest BCUT2D eigenvalue weighted by molar-refractivity contribution is 5.77. The number of ether oxygens (including phenoxy) is 1. The highest BCUT2D eigenvalue weighted by atomic mass is 16.7. The van der Waals surface area contributed by atoms with Gasteiger partial charge in [-0.05, 0) is 97.8 Å². The van der Waals surface area contributed by atoms with E-state index in [1.807, 2.05) is 12.4 Å². The number of rotatable bonds is 9. The highest BCUT2D eigenvalue weighted by Gasteiger charge is 2.57. The van der Waals surface area contributed by atoms with Gasteiger partial charge in [0.15, 0.2) is 0 Å². The standard InChI is InChI=1S/C31H43N3O4/c1-30-14-12-23(34-38-29(36)11-10-28(35)37-18-17-32-3)19-22(30)6-7-24-26-9-8-25(21-5-4-16-33-20-21)31(26,2)15-13-27(24)30/h4-5,8,16,19-20,23-24,26-27,32,34H,6-7,9-15,17-18H2,1-3H3. The van der Waals surface area contributed by atoms with Gasteiger partial charge in [0.1, 0.15) is 6.61 Å². The van der Waals surface area contributed by atoms with Crippen LogP contribution in [-0.2, 0) is 19.2 Å². The van der Waals surface area contributed by atoms with Crippen LogP contribution in [0.2, 0.25) is 0 Å². The first-order valence-corrected chi connectivity index (χ1v) is 14.4. The van der Waals surface area contributed by atoms with Crippen molar-refractivity contribution in [1.29, 1.82) is 0 Å². The summed E-state index contributed by atoms with van der Waals surface area (Å²) in [5.74, 6) is 1.36. The Bertz CT molecular complexity index is 1090. The highest BCUT2D eigenvalue weighted by Crippen LogP contribution is 2.66. The third-order valence-corrected chi connectivity index (χ3v) is 10.1. The Morgan fingerprint density at radius 2 is 1.89 bits per heavy atom. The maximum absolute atomic E-state index is 12.2. The largest absolute Gasteiger partial charge is 0.464 e. The number of likely N-dealkylation sites (N-methyl/N-ethyl adjacent to an activating group) is 1. The van der Waals surface area contributed by atoms with Crippen molar-refractivity contribution in [3.8, 4) is 0 Å². The van der Waals surface area contributed by atoms with Crippen molar-refractivity contribution >= 4 is 17.5 Å². The number of fused-ring (bicyclic) bond motifs is 5. The molecule has 0 aromatic carbocycles. The van der Waals surface area contributed by atoms with E-state index in [0.717, 1.165) is 25.2 Å². The summed E-state index contributed by atoms with van der Waals surface area (Å²) in [4.78, 5) is 33.6. The number of allylic oxidation sites excluding steroid dienone is 3. The van der Waals surface area contributed by atoms with Crippen LogP contribution in [0, 0.1) is 28.6 Å². The first-order valence-electron chi connectivity index (χ1n) is 14.4. The summed E-state index contributed by atoms with van der Waals surface area (Å²) in [6.45, 7) is 5.90. The van der Waals surface area contributed by atoms with E-state index >= 15 is 0 Å². The third-order valence-electron chi connectivity index (χ3n) is 10.1. The van der Waals surface area contributed by atoms with Crippen LogP contribution in [-0.4, -0.2) is 43.2 Å². The molecule has 4 aliphatic carbocycles. The van der Waals surface area contributed by atoms with Crippen LogP contribution in [0.3, 0.4) is 0 Å². The van der Waals surface area contributed by atoms with E-state index in [4.69, 9.17) is 9.57 Å². The molecule has 1 heterocycles. The Kier molecular flexibility index (Phi) is 8.06. The molecule has 6 unspecified atom stereocenters. The Morgan fingerprint density at radius 3 is 2.68 bits per heavy atom. The zero-order valence-corrected chi connectivity index (χ0v) is 23.1. The van der Waals surface area contributed by atoms with Gasteiger partial charge in [-0.2, -0.15) is 0 Å². The fourth-order valence-electron chi connectivity index (χ4n) is 8.09. The lowest BCUT2D eigenvalue weighted by atomic mass is 9.46. The minimum Gasteiger partial charge on any atom is -0.464 e. The maximum Gasteiger partial charge on any atom is 0.325 e. The first kappa shape index (κ1) is 27.1. The number of carbonyl (C=O) groups is 2. The average molecular weight is 522 g/mol. The lowest BCUT2D eigenvalue weighted by Crippen LogP contribution is -2.51. The summed E-state index contributed by atoms with van der Waals surface area (Å²) in [6, 6.07) is 4.31. The fraction of sp³-hybridized carbons (Fsp3) is 0.645. The van der Waals surface area contributed by atoms with Gasteiger partial charge in [0, 0.05) is 18.9 Å². The van der Waals surface area contributed by atoms with Gasteiger partial charge in [-0.3, -0.25) is 14.6 Å². The summed E-state index contributed by atoms with van der Waals surface area (Å²) in [5, 5.41) is 2.91. The molecule has 0 aliphatic heterocycles. The van der Waals surface area contributed by atoms with Crippen molar-refractivity contribution in [2.24, 2.45) is 28.6 Å². The van der Waals surface area contributed by atoms with E-state index in [1.54, 1.807) is 7.05 Å². The Balaban J connectivity index is 1.17. The third kappa shape index (κ3) is 5.20. The smallest absolute Gasteiger partial charge is 0.325 e. The Hall–Kier alpha value is -2.51. The fourth-order valence-corrected chi connectivity index (χ4v) is 8.09. The van der Waals surface area contributed by atoms with Crippen molar-refractivity contribution in [2.45, 2.75) is 77.7 Å². The van der Waals surface area contributed by atoms with Crippen molar-refractivity contribution in [2.75, 3.05) is 20.2 Å². The predicted molar refractivity (Wildman–Crippen MR) is 146 cm³/mol. The van der Waals surface area contributed by atoms with Gasteiger partial charge in [-0.15, -0.1) is 5.48 Å². The van der Waals surface area contributed by atoms with E-state index in [1.165, 1.54) is 42.4 Å². The summed E-state index contributed by atoms with van der Waals surface area (Å²) < 4.78 is 5.06. The van der Waals surface area contributed by atoms with Gasteiger partial charge in [-0.25, -0.2) is 0 Å². The number of hydrogen-bond acceptors (Lipinski definition) is 7. The second-order valence-electron chi connectivity index (χ2n) is 12.1. The second-order valence-corrected chi connectivity index (χ2v) is 12.1. The number of aromatic nitrogens is 1. The number of carbonyl (C=O) groups excluding carboxylic acids is 2. The number of hydroxylamine groups is 1. The number of esters is 1. The molecule has 4 aliphatic rings. The first-order chi connectivity index (χ1) is 18.3. The van der Waals surface area contributed by atoms with Crippen LogP contribution < -0.4 is 10.8 Å². The average Bonchev–Trinajstić information content (AvgIpc) is 3.28. The molecule has 0 bridgehead atoms. The molecule has 1 aromatic rings. The molecule has 0 amide bonds. The molecule has 206 valence electrons. The second kappa shape index (κ2) is 11.3. The maximum atomic E-state index is 12.2. The van der Waals surface area contributed by atoms with Crippen LogP contribution in [0.4, 0.5) is 0 Å². The van der Waals surface area contributed by atoms with Crippen molar-refractivity contribution in [3.05, 3.63) is 47.8 Å². The van der Waals surface area contributed by atoms with Crippen LogP contribution in [0.1, 0.15) is 77.2 Å². The Labute approximate surface area is 226 Å². The number of pyridine rings is 1. The normalized spacial score (nSPS) is 33.8. The van der Waals surface area contributed by atoms with Gasteiger partial charge in [0.25, 0.3) is 0 Å². The van der Waals surface area contributed by atoms with Crippen LogP contribution >= 0.6 is 0 Å². The molecular weight excluding hydrogens is 478 g/mol. The van der Waals surface area contributed by atoms with E-state index in [-0.39, 0.29) is 35.7 Å². The van der Waals surface area contributed by atoms with Crippen LogP contribution in [0.15, 0.2) is 42.3 Å². The zero-order valence-electron chi connectivity index (χ0n) is 23.1. The predicted octanol–water partition coefficient (Wildman–Crippen LogP) is 5.00. The lowest BCUT2D eigenvalue weighted by Gasteiger charge is -2.58. The summed E-state index contributed by atoms with van der Waals surface area (Å²) >= 11 is 0. The van der Waals surface area contributed by atoms with E-state index in [2.05, 4.69) is 53.9 Å². The minimum atomic E-state index is -0.421. The topological polar surface area (TPSA) is 89.5 Å². The molecule has 0 spiro atoms. The molecule has 0 radical (unpaired) electrons. The molecule has 2 N–H and O–H groups in total. The van der Waals surface area contributed by atoms with Crippen LogP contribution in [0.5, 0.6) is 0 Å². The molecule has 5 rings (SSSR count). The lowest BCUT2D eigenvalue weighted by molar-refractivity contribution is -0.156. The monoisotopic (exact) mass is 521 g/mol. The van der Waals surface area contributed by atoms with Crippen molar-refractivity contribution in [3.63, 3.8) is 0 Å².